The van der Waals surface area contributed by atoms with Crippen LogP contribution in [-0.4, -0.2) is 61.6 Å². The lowest BCUT2D eigenvalue weighted by atomic mass is 10.1. The fraction of sp³-hybridized carbons (Fsp3) is 0.333. The molecule has 2 aromatic rings. The summed E-state index contributed by atoms with van der Waals surface area (Å²) in [6.45, 7) is 2.54. The zero-order valence-electron chi connectivity index (χ0n) is 19.0. The standard InChI is InChI=1S/C24H26FN3O6/c1-3-34-23(31)16-5-9-18(10-6-16)26-21(29)15-20-22(30)28(19-11-7-17(25)8-12-19)24(32)27(20)13-4-14-33-2/h5-12,20H,3-4,13-15H2,1-2H3,(H,26,29)/t20-/m1/s1. The second-order valence-corrected chi connectivity index (χ2v) is 7.54. The average molecular weight is 471 g/mol. The number of imide groups is 1. The number of rotatable bonds is 10. The van der Waals surface area contributed by atoms with Crippen molar-refractivity contribution in [2.24, 2.45) is 0 Å². The predicted octanol–water partition coefficient (Wildman–Crippen LogP) is 3.20. The number of nitrogens with zero attached hydrogens (tertiary/aromatic N) is 2. The summed E-state index contributed by atoms with van der Waals surface area (Å²) in [6.07, 6.45) is 0.203. The number of anilines is 2. The van der Waals surface area contributed by atoms with Gasteiger partial charge in [-0.2, -0.15) is 0 Å². The average Bonchev–Trinajstić information content (AvgIpc) is 3.04. The summed E-state index contributed by atoms with van der Waals surface area (Å²) < 4.78 is 23.3. The molecule has 0 bridgehead atoms. The fourth-order valence-corrected chi connectivity index (χ4v) is 3.59. The highest BCUT2D eigenvalue weighted by atomic mass is 19.1. The van der Waals surface area contributed by atoms with Crippen molar-refractivity contribution in [1.82, 2.24) is 4.90 Å². The third-order valence-corrected chi connectivity index (χ3v) is 5.21. The molecule has 0 aliphatic carbocycles. The molecule has 0 aromatic heterocycles. The van der Waals surface area contributed by atoms with E-state index in [9.17, 15) is 23.6 Å². The van der Waals surface area contributed by atoms with Crippen LogP contribution >= 0.6 is 0 Å². The van der Waals surface area contributed by atoms with Crippen molar-refractivity contribution >= 4 is 35.2 Å². The molecule has 0 saturated carbocycles. The fourth-order valence-electron chi connectivity index (χ4n) is 3.59. The van der Waals surface area contributed by atoms with E-state index in [1.54, 1.807) is 19.1 Å². The molecule has 1 N–H and O–H groups in total. The van der Waals surface area contributed by atoms with Crippen LogP contribution in [-0.2, 0) is 19.1 Å². The van der Waals surface area contributed by atoms with Gasteiger partial charge in [-0.1, -0.05) is 0 Å². The summed E-state index contributed by atoms with van der Waals surface area (Å²) in [4.78, 5) is 52.9. The molecule has 4 amide bonds. The van der Waals surface area contributed by atoms with Crippen LogP contribution in [0.4, 0.5) is 20.6 Å². The monoisotopic (exact) mass is 471 g/mol. The number of hydrogen-bond acceptors (Lipinski definition) is 6. The van der Waals surface area contributed by atoms with E-state index in [-0.39, 0.29) is 25.3 Å². The number of ether oxygens (including phenoxy) is 2. The molecular formula is C24H26FN3O6. The number of hydrogen-bond donors (Lipinski definition) is 1. The Labute approximate surface area is 196 Å². The summed E-state index contributed by atoms with van der Waals surface area (Å²) >= 11 is 0. The number of carbonyl (C=O) groups excluding carboxylic acids is 4. The first-order valence-electron chi connectivity index (χ1n) is 10.8. The van der Waals surface area contributed by atoms with Crippen LogP contribution in [0.3, 0.4) is 0 Å². The van der Waals surface area contributed by atoms with Crippen LogP contribution in [0.5, 0.6) is 0 Å². The van der Waals surface area contributed by atoms with Crippen LogP contribution in [0.15, 0.2) is 48.5 Å². The lowest BCUT2D eigenvalue weighted by molar-refractivity contribution is -0.124. The van der Waals surface area contributed by atoms with Gasteiger partial charge in [0.05, 0.1) is 24.3 Å². The summed E-state index contributed by atoms with van der Waals surface area (Å²) in [5, 5.41) is 2.68. The van der Waals surface area contributed by atoms with E-state index in [1.807, 2.05) is 0 Å². The molecule has 1 aliphatic heterocycles. The topological polar surface area (TPSA) is 105 Å². The van der Waals surface area contributed by atoms with Gasteiger partial charge >= 0.3 is 12.0 Å². The van der Waals surface area contributed by atoms with Crippen molar-refractivity contribution in [3.8, 4) is 0 Å². The highest BCUT2D eigenvalue weighted by molar-refractivity contribution is 6.22. The van der Waals surface area contributed by atoms with Gasteiger partial charge in [0, 0.05) is 25.9 Å². The minimum atomic E-state index is -1.02. The molecule has 0 spiro atoms. The smallest absolute Gasteiger partial charge is 0.338 e. The first kappa shape index (κ1) is 24.8. The molecule has 180 valence electrons. The van der Waals surface area contributed by atoms with E-state index in [1.165, 1.54) is 36.3 Å². The maximum Gasteiger partial charge on any atom is 0.338 e. The van der Waals surface area contributed by atoms with E-state index in [4.69, 9.17) is 9.47 Å². The van der Waals surface area contributed by atoms with Gasteiger partial charge in [-0.15, -0.1) is 0 Å². The molecule has 0 radical (unpaired) electrons. The lowest BCUT2D eigenvalue weighted by Gasteiger charge is -2.21. The molecule has 0 unspecified atom stereocenters. The summed E-state index contributed by atoms with van der Waals surface area (Å²) in [5.74, 6) is -2.01. The SMILES string of the molecule is CCOC(=O)c1ccc(NC(=O)C[C@@H]2C(=O)N(c3ccc(F)cc3)C(=O)N2CCCOC)cc1. The van der Waals surface area contributed by atoms with Crippen molar-refractivity contribution in [2.45, 2.75) is 25.8 Å². The Morgan fingerprint density at radius 2 is 1.74 bits per heavy atom. The van der Waals surface area contributed by atoms with E-state index in [0.29, 0.717) is 24.3 Å². The quantitative estimate of drug-likeness (QED) is 0.324. The Hall–Kier alpha value is -3.79. The molecule has 2 aromatic carbocycles. The van der Waals surface area contributed by atoms with E-state index < -0.39 is 35.7 Å². The van der Waals surface area contributed by atoms with Gasteiger partial charge in [-0.3, -0.25) is 9.59 Å². The van der Waals surface area contributed by atoms with Crippen molar-refractivity contribution in [2.75, 3.05) is 37.1 Å². The normalized spacial score (nSPS) is 15.6. The van der Waals surface area contributed by atoms with Crippen molar-refractivity contribution in [1.29, 1.82) is 0 Å². The van der Waals surface area contributed by atoms with Crippen LogP contribution in [0.2, 0.25) is 0 Å². The first-order valence-corrected chi connectivity index (χ1v) is 10.8. The Bertz CT molecular complexity index is 1040. The van der Waals surface area contributed by atoms with E-state index in [2.05, 4.69) is 5.32 Å². The molecule has 34 heavy (non-hydrogen) atoms. The van der Waals surface area contributed by atoms with Gasteiger partial charge in [-0.25, -0.2) is 18.9 Å². The van der Waals surface area contributed by atoms with Crippen molar-refractivity contribution in [3.05, 3.63) is 59.9 Å². The van der Waals surface area contributed by atoms with Gasteiger partial charge in [0.2, 0.25) is 5.91 Å². The number of methoxy groups -OCH3 is 1. The molecule has 1 fully saturated rings. The molecular weight excluding hydrogens is 445 g/mol. The molecule has 10 heteroatoms. The maximum atomic E-state index is 13.3. The summed E-state index contributed by atoms with van der Waals surface area (Å²) in [5.41, 5.74) is 0.998. The molecule has 1 heterocycles. The first-order chi connectivity index (χ1) is 16.3. The summed E-state index contributed by atoms with van der Waals surface area (Å²) in [7, 11) is 1.53. The zero-order valence-corrected chi connectivity index (χ0v) is 19.0. The zero-order chi connectivity index (χ0) is 24.7. The van der Waals surface area contributed by atoms with Crippen LogP contribution < -0.4 is 10.2 Å². The summed E-state index contributed by atoms with van der Waals surface area (Å²) in [6, 6.07) is 9.53. The van der Waals surface area contributed by atoms with Crippen LogP contribution in [0.1, 0.15) is 30.1 Å². The number of benzene rings is 2. The van der Waals surface area contributed by atoms with Crippen LogP contribution in [0.25, 0.3) is 0 Å². The molecule has 9 nitrogen and oxygen atoms in total. The number of urea groups is 1. The van der Waals surface area contributed by atoms with Gasteiger partial charge in [-0.05, 0) is 61.9 Å². The third kappa shape index (κ3) is 5.76. The van der Waals surface area contributed by atoms with Crippen LogP contribution in [0, 0.1) is 5.82 Å². The Kier molecular flexibility index (Phi) is 8.31. The number of halogens is 1. The van der Waals surface area contributed by atoms with E-state index in [0.717, 1.165) is 17.0 Å². The van der Waals surface area contributed by atoms with E-state index >= 15 is 0 Å². The van der Waals surface area contributed by atoms with Gasteiger partial charge < -0.3 is 19.7 Å². The Morgan fingerprint density at radius 3 is 2.35 bits per heavy atom. The number of amides is 4. The van der Waals surface area contributed by atoms with Crippen molar-refractivity contribution in [3.63, 3.8) is 0 Å². The highest BCUT2D eigenvalue weighted by Gasteiger charge is 2.46. The Balaban J connectivity index is 1.73. The number of nitrogens with one attached hydrogen (secondary N) is 1. The molecule has 1 aliphatic rings. The van der Waals surface area contributed by atoms with Gasteiger partial charge in [0.15, 0.2) is 0 Å². The lowest BCUT2D eigenvalue weighted by Crippen LogP contribution is -2.38. The largest absolute Gasteiger partial charge is 0.462 e. The molecule has 1 saturated heterocycles. The minimum absolute atomic E-state index is 0.211. The number of esters is 1. The second kappa shape index (κ2) is 11.4. The maximum absolute atomic E-state index is 13.3. The molecule has 3 rings (SSSR count). The Morgan fingerprint density at radius 1 is 1.06 bits per heavy atom. The number of carbonyl (C=O) groups is 4. The van der Waals surface area contributed by atoms with Gasteiger partial charge in [0.25, 0.3) is 5.91 Å². The predicted molar refractivity (Wildman–Crippen MR) is 122 cm³/mol. The minimum Gasteiger partial charge on any atom is -0.462 e. The van der Waals surface area contributed by atoms with Gasteiger partial charge in [0.1, 0.15) is 11.9 Å². The third-order valence-electron chi connectivity index (χ3n) is 5.21. The van der Waals surface area contributed by atoms with Crippen molar-refractivity contribution < 1.29 is 33.0 Å². The molecule has 1 atom stereocenters. The second-order valence-electron chi connectivity index (χ2n) is 7.54. The highest BCUT2D eigenvalue weighted by Crippen LogP contribution is 2.27.